The number of amides is 1. The summed E-state index contributed by atoms with van der Waals surface area (Å²) < 4.78 is 22.5. The van der Waals surface area contributed by atoms with Crippen LogP contribution < -0.4 is 0 Å². The molecule has 0 saturated carbocycles. The fourth-order valence-corrected chi connectivity index (χ4v) is 5.75. The molecule has 235 valence electrons. The average molecular weight is 801 g/mol. The van der Waals surface area contributed by atoms with Gasteiger partial charge < -0.3 is 10.1 Å². The summed E-state index contributed by atoms with van der Waals surface area (Å²) in [4.78, 5) is 21.9. The summed E-state index contributed by atoms with van der Waals surface area (Å²) in [5, 5.41) is 4.76. The van der Waals surface area contributed by atoms with Gasteiger partial charge in [0.25, 0.3) is 0 Å². The number of nitrogens with zero attached hydrogens (tertiary/aromatic N) is 3. The van der Waals surface area contributed by atoms with Crippen LogP contribution in [0, 0.1) is 20.0 Å². The monoisotopic (exact) mass is 801 g/mol. The molecule has 1 radical (unpaired) electrons. The molecule has 0 aliphatic carbocycles. The van der Waals surface area contributed by atoms with E-state index in [0.29, 0.717) is 0 Å². The Morgan fingerprint density at radius 1 is 0.438 bits per heavy atom. The minimum Gasteiger partial charge on any atom is -0.255 e. The van der Waals surface area contributed by atoms with Crippen molar-refractivity contribution < 1.29 is 39.2 Å². The molecule has 8 heteroatoms. The largest absolute Gasteiger partial charge is 0.255 e. The number of hydrogen-bond acceptors (Lipinski definition) is 3. The quantitative estimate of drug-likeness (QED) is 0.100. The fourth-order valence-electron chi connectivity index (χ4n) is 5.75. The smallest absolute Gasteiger partial charge is 0.0886 e. The summed E-state index contributed by atoms with van der Waals surface area (Å²) in [7, 11) is 0. The SMILES string of the molecule is O=C1[N-]C(c2ccccc2)(c2ccccc2)C1(c1ccccc1)c1ccccc1.[C-]#[O+].[C-]#[O+].[C-]#[O+].[Re].c1ccc(-c2ccccn2)nc1. The molecule has 0 N–H and O–H groups in total. The minimum absolute atomic E-state index is 0. The Labute approximate surface area is 293 Å². The van der Waals surface area contributed by atoms with Crippen LogP contribution in [0.25, 0.3) is 16.7 Å². The third-order valence-electron chi connectivity index (χ3n) is 7.52. The molecule has 1 aliphatic heterocycles. The van der Waals surface area contributed by atoms with Crippen molar-refractivity contribution >= 4 is 5.91 Å². The molecule has 4 aromatic carbocycles. The van der Waals surface area contributed by atoms with Gasteiger partial charge in [-0.25, -0.2) is 0 Å². The number of aromatic nitrogens is 2. The van der Waals surface area contributed by atoms with Crippen molar-refractivity contribution in [1.82, 2.24) is 9.97 Å². The number of pyridine rings is 2. The number of hydrogen-bond donors (Lipinski definition) is 0. The van der Waals surface area contributed by atoms with Crippen LogP contribution in [0.15, 0.2) is 170 Å². The number of carbonyl (C=O) groups is 1. The first-order valence-corrected chi connectivity index (χ1v) is 14.2. The number of rotatable bonds is 5. The van der Waals surface area contributed by atoms with Crippen LogP contribution in [0.3, 0.4) is 0 Å². The molecule has 1 saturated heterocycles. The van der Waals surface area contributed by atoms with Gasteiger partial charge in [-0.1, -0.05) is 145 Å². The van der Waals surface area contributed by atoms with Crippen LogP contribution in [0.2, 0.25) is 0 Å². The van der Waals surface area contributed by atoms with Gasteiger partial charge >= 0.3 is 33.9 Å². The minimum atomic E-state index is -0.918. The maximum Gasteiger partial charge on any atom is 0.0886 e. The van der Waals surface area contributed by atoms with Gasteiger partial charge in [0.15, 0.2) is 0 Å². The fraction of sp³-hybridized carbons (Fsp3) is 0.0500. The van der Waals surface area contributed by atoms with E-state index in [0.717, 1.165) is 33.6 Å². The second kappa shape index (κ2) is 19.9. The van der Waals surface area contributed by atoms with Gasteiger partial charge in [-0.05, 0) is 40.9 Å². The maximum atomic E-state index is 13.5. The summed E-state index contributed by atoms with van der Waals surface area (Å²) in [6.45, 7) is 13.5. The molecule has 7 nitrogen and oxygen atoms in total. The van der Waals surface area contributed by atoms with Gasteiger partial charge in [-0.3, -0.25) is 9.97 Å². The van der Waals surface area contributed by atoms with Crippen molar-refractivity contribution in [2.45, 2.75) is 11.0 Å². The Balaban J connectivity index is 0.000000353. The average Bonchev–Trinajstić information content (AvgIpc) is 3.19. The molecular weight excluding hydrogens is 773 g/mol. The van der Waals surface area contributed by atoms with E-state index in [9.17, 15) is 4.79 Å². The first kappa shape index (κ1) is 38.7. The molecule has 1 fully saturated rings. The molecule has 1 aliphatic rings. The molecule has 2 aromatic heterocycles. The Morgan fingerprint density at radius 2 is 0.729 bits per heavy atom. The van der Waals surface area contributed by atoms with Gasteiger partial charge in [0.05, 0.1) is 22.7 Å². The predicted octanol–water partition coefficient (Wildman–Crippen LogP) is 7.86. The number of benzene rings is 4. The Hall–Kier alpha value is -5.47. The number of carbonyl (C=O) groups excluding carboxylic acids is 1. The molecule has 0 atom stereocenters. The summed E-state index contributed by atoms with van der Waals surface area (Å²) in [6, 6.07) is 52.0. The van der Waals surface area contributed by atoms with E-state index in [1.54, 1.807) is 12.4 Å². The van der Waals surface area contributed by atoms with Crippen molar-refractivity contribution in [3.05, 3.63) is 218 Å². The van der Waals surface area contributed by atoms with Crippen LogP contribution in [-0.4, -0.2) is 15.9 Å². The second-order valence-corrected chi connectivity index (χ2v) is 9.77. The molecule has 0 spiro atoms. The summed E-state index contributed by atoms with van der Waals surface area (Å²) in [5.74, 6) is -0.109. The zero-order chi connectivity index (χ0) is 34.0. The van der Waals surface area contributed by atoms with Gasteiger partial charge in [-0.15, -0.1) is 0 Å². The molecule has 7 rings (SSSR count). The third kappa shape index (κ3) is 7.73. The van der Waals surface area contributed by atoms with Crippen LogP contribution in [0.5, 0.6) is 0 Å². The summed E-state index contributed by atoms with van der Waals surface area (Å²) in [5.41, 5.74) is 4.03. The van der Waals surface area contributed by atoms with Gasteiger partial charge in [0, 0.05) is 32.8 Å². The zero-order valence-electron chi connectivity index (χ0n) is 25.5. The van der Waals surface area contributed by atoms with E-state index in [2.05, 4.69) is 54.2 Å². The van der Waals surface area contributed by atoms with Crippen LogP contribution >= 0.6 is 0 Å². The van der Waals surface area contributed by atoms with Gasteiger partial charge in [0.1, 0.15) is 0 Å². The topological polar surface area (TPSA) is 117 Å². The van der Waals surface area contributed by atoms with E-state index in [1.807, 2.05) is 133 Å². The van der Waals surface area contributed by atoms with Crippen molar-refractivity contribution in [2.24, 2.45) is 0 Å². The molecule has 0 bridgehead atoms. The van der Waals surface area contributed by atoms with E-state index in [1.165, 1.54) is 0 Å². The van der Waals surface area contributed by atoms with E-state index in [4.69, 9.17) is 19.3 Å². The standard InChI is InChI=1S/C27H21NO.C10H8N2.3CO.Re/c29-25-26(21-13-5-1-6-14-21,22-15-7-2-8-16-22)27(28-25,23-17-9-3-10-18-23)24-19-11-4-12-20-24;1-3-7-11-9(5-1)10-6-2-4-8-12-10;3*1-2;/h1-20H,(H,28,29);1-8H;;;;/p-1. The maximum absolute atomic E-state index is 13.5. The van der Waals surface area contributed by atoms with Crippen molar-refractivity contribution in [3.8, 4) is 11.4 Å². The van der Waals surface area contributed by atoms with Crippen molar-refractivity contribution in [3.63, 3.8) is 0 Å². The Bertz CT molecular complexity index is 1720. The Morgan fingerprint density at radius 3 is 1.00 bits per heavy atom. The van der Waals surface area contributed by atoms with Gasteiger partial charge in [-0.2, -0.15) is 0 Å². The second-order valence-electron chi connectivity index (χ2n) is 9.77. The van der Waals surface area contributed by atoms with Crippen LogP contribution in [0.1, 0.15) is 22.3 Å². The van der Waals surface area contributed by atoms with E-state index in [-0.39, 0.29) is 26.3 Å². The molecule has 48 heavy (non-hydrogen) atoms. The van der Waals surface area contributed by atoms with E-state index >= 15 is 0 Å². The number of β-lactam (4-membered cyclic amide) rings is 1. The van der Waals surface area contributed by atoms with Crippen LogP contribution in [-0.2, 0) is 50.1 Å². The normalized spacial score (nSPS) is 12.5. The third-order valence-corrected chi connectivity index (χ3v) is 7.52. The molecule has 1 amide bonds. The van der Waals surface area contributed by atoms with Crippen LogP contribution in [0.4, 0.5) is 0 Å². The molecule has 3 heterocycles. The first-order valence-electron chi connectivity index (χ1n) is 14.2. The predicted molar refractivity (Wildman–Crippen MR) is 175 cm³/mol. The first-order chi connectivity index (χ1) is 23.3. The molecule has 0 unspecified atom stereocenters. The summed E-state index contributed by atoms with van der Waals surface area (Å²) >= 11 is 0. The summed E-state index contributed by atoms with van der Waals surface area (Å²) in [6.07, 6.45) is 3.54. The van der Waals surface area contributed by atoms with Crippen molar-refractivity contribution in [2.75, 3.05) is 0 Å². The zero-order valence-corrected chi connectivity index (χ0v) is 28.2. The van der Waals surface area contributed by atoms with E-state index < -0.39 is 11.0 Å². The van der Waals surface area contributed by atoms with Crippen molar-refractivity contribution in [1.29, 1.82) is 0 Å². The Kier molecular flexibility index (Phi) is 16.1. The molecular formula is C40H28N3O4Re-. The molecule has 6 aromatic rings. The van der Waals surface area contributed by atoms with Gasteiger partial charge in [0.2, 0.25) is 0 Å².